The number of hydroxylamine groups is 2. The number of anilines is 1. The number of hydrogen-bond acceptors (Lipinski definition) is 5. The van der Waals surface area contributed by atoms with Gasteiger partial charge in [-0.15, -0.1) is 0 Å². The minimum Gasteiger partial charge on any atom is -0.756 e. The normalized spacial score (nSPS) is 11.4. The van der Waals surface area contributed by atoms with Crippen LogP contribution in [0.4, 0.5) is 5.69 Å². The monoisotopic (exact) mass is 500 g/mol. The van der Waals surface area contributed by atoms with Crippen LogP contribution in [-0.4, -0.2) is 31.4 Å². The van der Waals surface area contributed by atoms with Gasteiger partial charge in [0.1, 0.15) is 0 Å². The highest BCUT2D eigenvalue weighted by atomic mass is 35.5. The van der Waals surface area contributed by atoms with Gasteiger partial charge in [-0.25, -0.2) is 8.42 Å². The zero-order valence-electron chi connectivity index (χ0n) is 17.1. The van der Waals surface area contributed by atoms with Gasteiger partial charge in [-0.1, -0.05) is 47.5 Å². The van der Waals surface area contributed by atoms with Crippen molar-refractivity contribution >= 4 is 55.6 Å². The van der Waals surface area contributed by atoms with Crippen LogP contribution in [0.2, 0.25) is 10.0 Å². The van der Waals surface area contributed by atoms with Crippen LogP contribution in [0.3, 0.4) is 0 Å². The van der Waals surface area contributed by atoms with Crippen molar-refractivity contribution in [2.75, 3.05) is 11.8 Å². The molecule has 4 rings (SSSR count). The molecule has 0 fully saturated rings. The molecule has 3 aromatic carbocycles. The van der Waals surface area contributed by atoms with Crippen molar-refractivity contribution in [2.45, 2.75) is 4.90 Å². The highest BCUT2D eigenvalue weighted by Gasteiger charge is 2.20. The Labute approximate surface area is 200 Å². The average molecular weight is 501 g/mol. The minimum atomic E-state index is -4.06. The van der Waals surface area contributed by atoms with Crippen molar-refractivity contribution in [2.24, 2.45) is 0 Å². The lowest BCUT2D eigenvalue weighted by molar-refractivity contribution is 0.0850. The van der Waals surface area contributed by atoms with Crippen LogP contribution in [0.25, 0.3) is 22.0 Å². The van der Waals surface area contributed by atoms with E-state index in [0.717, 1.165) is 17.8 Å². The van der Waals surface area contributed by atoms with E-state index in [0.29, 0.717) is 16.3 Å². The molecule has 1 heterocycles. The van der Waals surface area contributed by atoms with Gasteiger partial charge >= 0.3 is 0 Å². The van der Waals surface area contributed by atoms with Crippen LogP contribution < -0.4 is 4.72 Å². The fraction of sp³-hybridized carbons (Fsp3) is 0.0435. The molecule has 0 unspecified atom stereocenters. The van der Waals surface area contributed by atoms with Gasteiger partial charge in [-0.2, -0.15) is 0 Å². The summed E-state index contributed by atoms with van der Waals surface area (Å²) in [6.45, 7) is 0. The van der Waals surface area contributed by atoms with Crippen molar-refractivity contribution < 1.29 is 13.2 Å². The van der Waals surface area contributed by atoms with Crippen LogP contribution in [0.15, 0.2) is 77.8 Å². The Bertz CT molecular complexity index is 1490. The van der Waals surface area contributed by atoms with Crippen molar-refractivity contribution in [1.29, 1.82) is 0 Å². The average Bonchev–Trinajstić information content (AvgIpc) is 2.79. The molecule has 33 heavy (non-hydrogen) atoms. The summed E-state index contributed by atoms with van der Waals surface area (Å²) in [4.78, 5) is 16.2. The summed E-state index contributed by atoms with van der Waals surface area (Å²) in [5.41, 5.74) is 1.11. The van der Waals surface area contributed by atoms with Crippen LogP contribution in [-0.2, 0) is 10.0 Å². The molecule has 0 atom stereocenters. The van der Waals surface area contributed by atoms with Gasteiger partial charge in [0.2, 0.25) is 5.91 Å². The second-order valence-corrected chi connectivity index (χ2v) is 9.62. The zero-order chi connectivity index (χ0) is 23.8. The van der Waals surface area contributed by atoms with Gasteiger partial charge in [0.05, 0.1) is 26.3 Å². The molecule has 0 spiro atoms. The van der Waals surface area contributed by atoms with E-state index in [1.54, 1.807) is 6.20 Å². The van der Waals surface area contributed by atoms with Crippen molar-refractivity contribution in [3.05, 3.63) is 93.7 Å². The number of halogens is 2. The number of sulfonamides is 1. The minimum absolute atomic E-state index is 0.0313. The quantitative estimate of drug-likeness (QED) is 0.360. The Morgan fingerprint density at radius 1 is 1.00 bits per heavy atom. The smallest absolute Gasteiger partial charge is 0.261 e. The first-order chi connectivity index (χ1) is 15.7. The van der Waals surface area contributed by atoms with E-state index in [2.05, 4.69) is 9.71 Å². The molecule has 0 aliphatic carbocycles. The van der Waals surface area contributed by atoms with E-state index in [-0.39, 0.29) is 26.2 Å². The first-order valence-electron chi connectivity index (χ1n) is 9.58. The molecule has 1 amide bonds. The summed E-state index contributed by atoms with van der Waals surface area (Å²) in [5, 5.41) is 13.5. The molecular weight excluding hydrogens is 485 g/mol. The number of carbonyl (C=O) groups excluding carboxylic acids is 1. The zero-order valence-corrected chi connectivity index (χ0v) is 19.4. The Morgan fingerprint density at radius 2 is 1.76 bits per heavy atom. The molecule has 0 bridgehead atoms. The fourth-order valence-corrected chi connectivity index (χ4v) is 4.90. The lowest BCUT2D eigenvalue weighted by Crippen LogP contribution is -2.20. The molecule has 1 N–H and O–H groups in total. The predicted octanol–water partition coefficient (Wildman–Crippen LogP) is 5.58. The third-order valence-corrected chi connectivity index (χ3v) is 6.93. The number of nitrogens with zero attached hydrogens (tertiary/aromatic N) is 2. The molecule has 0 radical (unpaired) electrons. The van der Waals surface area contributed by atoms with Gasteiger partial charge in [0.25, 0.3) is 10.0 Å². The van der Waals surface area contributed by atoms with Crippen LogP contribution in [0, 0.1) is 5.21 Å². The van der Waals surface area contributed by atoms with Gasteiger partial charge in [-0.05, 0) is 54.9 Å². The second kappa shape index (κ2) is 8.99. The van der Waals surface area contributed by atoms with E-state index in [1.807, 2.05) is 30.3 Å². The number of amides is 1. The number of hydrogen-bond donors (Lipinski definition) is 1. The molecule has 1 aromatic heterocycles. The van der Waals surface area contributed by atoms with E-state index < -0.39 is 15.9 Å². The van der Waals surface area contributed by atoms with E-state index in [1.165, 1.54) is 36.4 Å². The SMILES string of the molecule is CN([O-])C(=O)c1ccc(NS(=O)(=O)c2ccc(Cl)c(-c3nccc4ccccc34)c2)c(Cl)c1. The molecule has 4 aromatic rings. The van der Waals surface area contributed by atoms with Crippen LogP contribution in [0.5, 0.6) is 0 Å². The summed E-state index contributed by atoms with van der Waals surface area (Å²) in [6, 6.07) is 17.6. The molecule has 10 heteroatoms. The number of rotatable bonds is 5. The van der Waals surface area contributed by atoms with E-state index in [9.17, 15) is 18.4 Å². The first kappa shape index (κ1) is 23.0. The molecule has 168 valence electrons. The maximum Gasteiger partial charge on any atom is 0.261 e. The third-order valence-electron chi connectivity index (χ3n) is 4.92. The van der Waals surface area contributed by atoms with Crippen molar-refractivity contribution in [3.63, 3.8) is 0 Å². The molecule has 0 saturated carbocycles. The number of benzene rings is 3. The van der Waals surface area contributed by atoms with Gasteiger partial charge in [0, 0.05) is 22.7 Å². The third kappa shape index (κ3) is 4.65. The largest absolute Gasteiger partial charge is 0.756 e. The molecule has 7 nitrogen and oxygen atoms in total. The summed E-state index contributed by atoms with van der Waals surface area (Å²) in [6.07, 6.45) is 1.63. The Balaban J connectivity index is 1.72. The van der Waals surface area contributed by atoms with Crippen molar-refractivity contribution in [3.8, 4) is 11.3 Å². The lowest BCUT2D eigenvalue weighted by Gasteiger charge is -2.22. The number of pyridine rings is 1. The number of fused-ring (bicyclic) bond motifs is 1. The molecule has 0 aliphatic rings. The number of carbonyl (C=O) groups is 1. The highest BCUT2D eigenvalue weighted by molar-refractivity contribution is 7.92. The maximum absolute atomic E-state index is 13.1. The molecular formula is C23H16Cl2N3O4S-. The van der Waals surface area contributed by atoms with Crippen molar-refractivity contribution in [1.82, 2.24) is 10.0 Å². The molecule has 0 aliphatic heterocycles. The van der Waals surface area contributed by atoms with Gasteiger partial charge in [0.15, 0.2) is 0 Å². The van der Waals surface area contributed by atoms with Gasteiger partial charge < -0.3 is 10.3 Å². The lowest BCUT2D eigenvalue weighted by atomic mass is 10.0. The van der Waals surface area contributed by atoms with Crippen LogP contribution in [0.1, 0.15) is 10.4 Å². The Morgan fingerprint density at radius 3 is 2.48 bits per heavy atom. The Hall–Kier alpha value is -3.17. The topological polar surface area (TPSA) is 102 Å². The van der Waals surface area contributed by atoms with E-state index in [4.69, 9.17) is 23.2 Å². The Kier molecular flexibility index (Phi) is 6.27. The molecule has 0 saturated heterocycles. The van der Waals surface area contributed by atoms with Crippen LogP contribution >= 0.6 is 23.2 Å². The predicted molar refractivity (Wildman–Crippen MR) is 130 cm³/mol. The summed E-state index contributed by atoms with van der Waals surface area (Å²) >= 11 is 12.6. The number of aromatic nitrogens is 1. The van der Waals surface area contributed by atoms with E-state index >= 15 is 0 Å². The summed E-state index contributed by atoms with van der Waals surface area (Å²) in [7, 11) is -3.00. The fourth-order valence-electron chi connectivity index (χ4n) is 3.30. The van der Waals surface area contributed by atoms with Gasteiger partial charge in [-0.3, -0.25) is 14.5 Å². The summed E-state index contributed by atoms with van der Waals surface area (Å²) < 4.78 is 28.6. The maximum atomic E-state index is 13.1. The second-order valence-electron chi connectivity index (χ2n) is 7.13. The highest BCUT2D eigenvalue weighted by Crippen LogP contribution is 2.34. The first-order valence-corrected chi connectivity index (χ1v) is 11.8. The standard InChI is InChI=1S/C23H16Cl2N3O4S/c1-28(30)23(29)15-6-9-21(20(25)12-15)27-33(31,32)16-7-8-19(24)18(13-16)22-17-5-3-2-4-14(17)10-11-26-22/h2-13,27H,1H3/q-1. The number of nitrogens with one attached hydrogen (secondary N) is 1. The summed E-state index contributed by atoms with van der Waals surface area (Å²) in [5.74, 6) is -0.795.